The maximum absolute atomic E-state index is 11.9. The molecule has 0 spiro atoms. The van der Waals surface area contributed by atoms with Gasteiger partial charge in [-0.25, -0.2) is 0 Å². The largest absolute Gasteiger partial charge is 0.325 e. The third kappa shape index (κ3) is 4.97. The summed E-state index contributed by atoms with van der Waals surface area (Å²) >= 11 is 0. The second kappa shape index (κ2) is 8.05. The molecule has 1 amide bonds. The molecule has 2 N–H and O–H groups in total. The van der Waals surface area contributed by atoms with E-state index in [9.17, 15) is 4.79 Å². The van der Waals surface area contributed by atoms with Crippen molar-refractivity contribution in [3.8, 4) is 0 Å². The molecule has 0 aliphatic heterocycles. The van der Waals surface area contributed by atoms with Gasteiger partial charge in [-0.15, -0.1) is 0 Å². The van der Waals surface area contributed by atoms with Gasteiger partial charge in [0, 0.05) is 11.7 Å². The SMILES string of the molecule is CCc1ccc(NC(=O)CNC2CCCCCC2)cc1. The van der Waals surface area contributed by atoms with E-state index >= 15 is 0 Å². The molecule has 2 rings (SSSR count). The predicted molar refractivity (Wildman–Crippen MR) is 83.9 cm³/mol. The normalized spacial score (nSPS) is 16.6. The van der Waals surface area contributed by atoms with Crippen LogP contribution in [0.3, 0.4) is 0 Å². The molecule has 1 aromatic rings. The lowest BCUT2D eigenvalue weighted by atomic mass is 10.1. The van der Waals surface area contributed by atoms with Crippen LogP contribution in [0.2, 0.25) is 0 Å². The van der Waals surface area contributed by atoms with Gasteiger partial charge in [0.1, 0.15) is 0 Å². The van der Waals surface area contributed by atoms with Crippen LogP contribution >= 0.6 is 0 Å². The van der Waals surface area contributed by atoms with E-state index in [2.05, 4.69) is 29.7 Å². The van der Waals surface area contributed by atoms with Crippen LogP contribution in [0.15, 0.2) is 24.3 Å². The summed E-state index contributed by atoms with van der Waals surface area (Å²) in [6.45, 7) is 2.55. The van der Waals surface area contributed by atoms with Gasteiger partial charge in [-0.05, 0) is 37.0 Å². The second-order valence-electron chi connectivity index (χ2n) is 5.67. The third-order valence-electron chi connectivity index (χ3n) is 4.05. The van der Waals surface area contributed by atoms with Crippen LogP contribution in [0.5, 0.6) is 0 Å². The van der Waals surface area contributed by atoms with Crippen molar-refractivity contribution in [2.24, 2.45) is 0 Å². The number of nitrogens with one attached hydrogen (secondary N) is 2. The molecule has 0 heterocycles. The Balaban J connectivity index is 1.73. The molecule has 0 aromatic heterocycles. The van der Waals surface area contributed by atoms with Gasteiger partial charge in [0.25, 0.3) is 0 Å². The lowest BCUT2D eigenvalue weighted by Gasteiger charge is -2.15. The number of benzene rings is 1. The molecule has 0 unspecified atom stereocenters. The first kappa shape index (κ1) is 15.0. The first-order valence-corrected chi connectivity index (χ1v) is 7.90. The zero-order valence-corrected chi connectivity index (χ0v) is 12.5. The molecule has 1 fully saturated rings. The van der Waals surface area contributed by atoms with Crippen molar-refractivity contribution in [2.75, 3.05) is 11.9 Å². The molecular formula is C17H26N2O. The minimum atomic E-state index is 0.0542. The molecule has 110 valence electrons. The number of hydrogen-bond donors (Lipinski definition) is 2. The minimum Gasteiger partial charge on any atom is -0.325 e. The van der Waals surface area contributed by atoms with Crippen molar-refractivity contribution in [1.29, 1.82) is 0 Å². The highest BCUT2D eigenvalue weighted by molar-refractivity contribution is 5.92. The molecule has 1 aliphatic rings. The van der Waals surface area contributed by atoms with Crippen LogP contribution in [0.25, 0.3) is 0 Å². The molecule has 0 radical (unpaired) electrons. The maximum atomic E-state index is 11.9. The fourth-order valence-corrected chi connectivity index (χ4v) is 2.75. The number of hydrogen-bond acceptors (Lipinski definition) is 2. The Morgan fingerprint density at radius 3 is 2.35 bits per heavy atom. The van der Waals surface area contributed by atoms with Gasteiger partial charge in [0.15, 0.2) is 0 Å². The summed E-state index contributed by atoms with van der Waals surface area (Å²) in [7, 11) is 0. The molecule has 3 nitrogen and oxygen atoms in total. The summed E-state index contributed by atoms with van der Waals surface area (Å²) in [5, 5.41) is 6.34. The highest BCUT2D eigenvalue weighted by Crippen LogP contribution is 2.17. The summed E-state index contributed by atoms with van der Waals surface area (Å²) in [5.41, 5.74) is 2.18. The number of carbonyl (C=O) groups excluding carboxylic acids is 1. The summed E-state index contributed by atoms with van der Waals surface area (Å²) in [4.78, 5) is 11.9. The van der Waals surface area contributed by atoms with E-state index in [1.54, 1.807) is 0 Å². The first-order valence-electron chi connectivity index (χ1n) is 7.90. The van der Waals surface area contributed by atoms with Gasteiger partial charge in [0.05, 0.1) is 6.54 Å². The third-order valence-corrected chi connectivity index (χ3v) is 4.05. The van der Waals surface area contributed by atoms with Gasteiger partial charge in [-0.1, -0.05) is 44.7 Å². The van der Waals surface area contributed by atoms with Crippen LogP contribution in [0.1, 0.15) is 51.0 Å². The molecule has 1 aromatic carbocycles. The van der Waals surface area contributed by atoms with E-state index < -0.39 is 0 Å². The molecule has 0 saturated heterocycles. The van der Waals surface area contributed by atoms with Crippen LogP contribution in [0, 0.1) is 0 Å². The Hall–Kier alpha value is -1.35. The standard InChI is InChI=1S/C17H26N2O/c1-2-14-9-11-16(12-10-14)19-17(20)13-18-15-7-5-3-4-6-8-15/h9-12,15,18H,2-8,13H2,1H3,(H,19,20). The Kier molecular flexibility index (Phi) is 6.06. The quantitative estimate of drug-likeness (QED) is 0.807. The van der Waals surface area contributed by atoms with Crippen molar-refractivity contribution in [2.45, 2.75) is 57.9 Å². The molecule has 0 bridgehead atoms. The summed E-state index contributed by atoms with van der Waals surface area (Å²) < 4.78 is 0. The van der Waals surface area contributed by atoms with Crippen molar-refractivity contribution in [3.05, 3.63) is 29.8 Å². The Morgan fingerprint density at radius 1 is 1.10 bits per heavy atom. The van der Waals surface area contributed by atoms with E-state index in [1.807, 2.05) is 12.1 Å². The Bertz CT molecular complexity index is 406. The van der Waals surface area contributed by atoms with Crippen molar-refractivity contribution >= 4 is 11.6 Å². The van der Waals surface area contributed by atoms with Crippen LogP contribution in [-0.2, 0) is 11.2 Å². The van der Waals surface area contributed by atoms with Gasteiger partial charge in [-0.2, -0.15) is 0 Å². The van der Waals surface area contributed by atoms with E-state index in [-0.39, 0.29) is 5.91 Å². The second-order valence-corrected chi connectivity index (χ2v) is 5.67. The van der Waals surface area contributed by atoms with Gasteiger partial charge in [-0.3, -0.25) is 4.79 Å². The molecule has 0 atom stereocenters. The monoisotopic (exact) mass is 274 g/mol. The van der Waals surface area contributed by atoms with Gasteiger partial charge in [0.2, 0.25) is 5.91 Å². The maximum Gasteiger partial charge on any atom is 0.238 e. The molecular weight excluding hydrogens is 248 g/mol. The smallest absolute Gasteiger partial charge is 0.238 e. The summed E-state index contributed by atoms with van der Waals surface area (Å²) in [6, 6.07) is 8.60. The molecule has 1 saturated carbocycles. The zero-order chi connectivity index (χ0) is 14.2. The van der Waals surface area contributed by atoms with E-state index in [0.29, 0.717) is 12.6 Å². The van der Waals surface area contributed by atoms with E-state index in [1.165, 1.54) is 44.1 Å². The predicted octanol–water partition coefficient (Wildman–Crippen LogP) is 3.50. The van der Waals surface area contributed by atoms with Crippen molar-refractivity contribution in [1.82, 2.24) is 5.32 Å². The van der Waals surface area contributed by atoms with Crippen LogP contribution in [0.4, 0.5) is 5.69 Å². The van der Waals surface area contributed by atoms with E-state index in [4.69, 9.17) is 0 Å². The lowest BCUT2D eigenvalue weighted by molar-refractivity contribution is -0.115. The summed E-state index contributed by atoms with van der Waals surface area (Å²) in [6.07, 6.45) is 8.70. The van der Waals surface area contributed by atoms with E-state index in [0.717, 1.165) is 12.1 Å². The molecule has 20 heavy (non-hydrogen) atoms. The van der Waals surface area contributed by atoms with Gasteiger partial charge < -0.3 is 10.6 Å². The average molecular weight is 274 g/mol. The van der Waals surface area contributed by atoms with Crippen molar-refractivity contribution in [3.63, 3.8) is 0 Å². The number of amides is 1. The number of aryl methyl sites for hydroxylation is 1. The van der Waals surface area contributed by atoms with Crippen LogP contribution in [-0.4, -0.2) is 18.5 Å². The van der Waals surface area contributed by atoms with Gasteiger partial charge >= 0.3 is 0 Å². The molecule has 3 heteroatoms. The average Bonchev–Trinajstić information content (AvgIpc) is 2.74. The highest BCUT2D eigenvalue weighted by Gasteiger charge is 2.12. The number of anilines is 1. The summed E-state index contributed by atoms with van der Waals surface area (Å²) in [5.74, 6) is 0.0542. The van der Waals surface area contributed by atoms with Crippen molar-refractivity contribution < 1.29 is 4.79 Å². The zero-order valence-electron chi connectivity index (χ0n) is 12.5. The fraction of sp³-hybridized carbons (Fsp3) is 0.588. The highest BCUT2D eigenvalue weighted by atomic mass is 16.1. The van der Waals surface area contributed by atoms with Crippen LogP contribution < -0.4 is 10.6 Å². The minimum absolute atomic E-state index is 0.0542. The Morgan fingerprint density at radius 2 is 1.75 bits per heavy atom. The topological polar surface area (TPSA) is 41.1 Å². The lowest BCUT2D eigenvalue weighted by Crippen LogP contribution is -2.35. The number of carbonyl (C=O) groups is 1. The molecule has 1 aliphatic carbocycles. The fourth-order valence-electron chi connectivity index (χ4n) is 2.75. The number of rotatable bonds is 5. The first-order chi connectivity index (χ1) is 9.78. The Labute approximate surface area is 122 Å².